The van der Waals surface area contributed by atoms with E-state index < -0.39 is 0 Å². The van der Waals surface area contributed by atoms with E-state index in [9.17, 15) is 0 Å². The maximum Gasteiger partial charge on any atom is 0.136 e. The van der Waals surface area contributed by atoms with Crippen LogP contribution in [0.5, 0.6) is 5.75 Å². The lowest BCUT2D eigenvalue weighted by molar-refractivity contribution is 0.205. The lowest BCUT2D eigenvalue weighted by atomic mass is 10.0. The van der Waals surface area contributed by atoms with Crippen LogP contribution in [-0.2, 0) is 6.42 Å². The van der Waals surface area contributed by atoms with Gasteiger partial charge in [-0.3, -0.25) is 0 Å². The summed E-state index contributed by atoms with van der Waals surface area (Å²) in [5.41, 5.74) is 2.65. The van der Waals surface area contributed by atoms with E-state index >= 15 is 0 Å². The number of hydrogen-bond acceptors (Lipinski definition) is 2. The third-order valence-corrected chi connectivity index (χ3v) is 3.65. The zero-order valence-corrected chi connectivity index (χ0v) is 11.4. The fourth-order valence-corrected chi connectivity index (χ4v) is 2.55. The standard InChI is InChI=1S/C16H16ClNO/c17-13-5-7-14(8-6-13)19-16-11-18-10-9-12-3-1-2-4-15(12)16/h1-8,16,18H,9-11H2. The highest BCUT2D eigenvalue weighted by Gasteiger charge is 2.19. The second kappa shape index (κ2) is 5.64. The maximum atomic E-state index is 6.10. The summed E-state index contributed by atoms with van der Waals surface area (Å²) < 4.78 is 6.10. The molecule has 2 aromatic rings. The number of fused-ring (bicyclic) bond motifs is 1. The first-order valence-corrected chi connectivity index (χ1v) is 6.91. The van der Waals surface area contributed by atoms with Crippen LogP contribution in [0.15, 0.2) is 48.5 Å². The molecule has 0 amide bonds. The van der Waals surface area contributed by atoms with Gasteiger partial charge in [-0.05, 0) is 48.4 Å². The zero-order valence-electron chi connectivity index (χ0n) is 10.6. The molecule has 0 aliphatic carbocycles. The number of benzene rings is 2. The lowest BCUT2D eigenvalue weighted by Gasteiger charge is -2.19. The van der Waals surface area contributed by atoms with Gasteiger partial charge in [0.2, 0.25) is 0 Å². The Morgan fingerprint density at radius 2 is 1.84 bits per heavy atom. The van der Waals surface area contributed by atoms with Crippen molar-refractivity contribution < 1.29 is 4.74 Å². The van der Waals surface area contributed by atoms with E-state index in [1.165, 1.54) is 11.1 Å². The smallest absolute Gasteiger partial charge is 0.136 e. The molecule has 0 bridgehead atoms. The minimum Gasteiger partial charge on any atom is -0.484 e. The van der Waals surface area contributed by atoms with E-state index in [0.29, 0.717) is 0 Å². The first-order chi connectivity index (χ1) is 9.33. The average molecular weight is 274 g/mol. The van der Waals surface area contributed by atoms with Crippen LogP contribution in [0.1, 0.15) is 17.2 Å². The molecule has 1 aliphatic rings. The van der Waals surface area contributed by atoms with Crippen LogP contribution in [0, 0.1) is 0 Å². The summed E-state index contributed by atoms with van der Waals surface area (Å²) in [4.78, 5) is 0. The first-order valence-electron chi connectivity index (χ1n) is 6.54. The Hall–Kier alpha value is -1.51. The van der Waals surface area contributed by atoms with Crippen molar-refractivity contribution in [3.63, 3.8) is 0 Å². The summed E-state index contributed by atoms with van der Waals surface area (Å²) in [5.74, 6) is 0.855. The topological polar surface area (TPSA) is 21.3 Å². The molecule has 1 heterocycles. The minimum absolute atomic E-state index is 0.0554. The zero-order chi connectivity index (χ0) is 13.1. The summed E-state index contributed by atoms with van der Waals surface area (Å²) >= 11 is 5.89. The minimum atomic E-state index is 0.0554. The molecular weight excluding hydrogens is 258 g/mol. The number of rotatable bonds is 2. The summed E-state index contributed by atoms with van der Waals surface area (Å²) in [6, 6.07) is 16.0. The van der Waals surface area contributed by atoms with E-state index in [2.05, 4.69) is 29.6 Å². The average Bonchev–Trinajstić information content (AvgIpc) is 2.64. The van der Waals surface area contributed by atoms with Crippen molar-refractivity contribution in [1.82, 2.24) is 5.32 Å². The Morgan fingerprint density at radius 3 is 2.68 bits per heavy atom. The van der Waals surface area contributed by atoms with Gasteiger partial charge in [0.1, 0.15) is 11.9 Å². The second-order valence-electron chi connectivity index (χ2n) is 4.71. The van der Waals surface area contributed by atoms with Gasteiger partial charge in [-0.1, -0.05) is 35.9 Å². The molecule has 1 N–H and O–H groups in total. The number of nitrogens with one attached hydrogen (secondary N) is 1. The molecule has 0 radical (unpaired) electrons. The van der Waals surface area contributed by atoms with E-state index in [1.54, 1.807) is 0 Å². The van der Waals surface area contributed by atoms with Crippen molar-refractivity contribution in [2.24, 2.45) is 0 Å². The molecule has 0 fully saturated rings. The van der Waals surface area contributed by atoms with Gasteiger partial charge in [-0.15, -0.1) is 0 Å². The summed E-state index contributed by atoms with van der Waals surface area (Å²) in [7, 11) is 0. The molecule has 19 heavy (non-hydrogen) atoms. The molecule has 0 saturated carbocycles. The Kier molecular flexibility index (Phi) is 3.72. The molecule has 2 aromatic carbocycles. The van der Waals surface area contributed by atoms with Gasteiger partial charge in [-0.2, -0.15) is 0 Å². The van der Waals surface area contributed by atoms with Crippen LogP contribution < -0.4 is 10.1 Å². The first kappa shape index (κ1) is 12.5. The van der Waals surface area contributed by atoms with E-state index in [0.717, 1.165) is 30.3 Å². The normalized spacial score (nSPS) is 18.5. The van der Waals surface area contributed by atoms with Crippen molar-refractivity contribution in [2.45, 2.75) is 12.5 Å². The third kappa shape index (κ3) is 2.91. The van der Waals surface area contributed by atoms with Crippen molar-refractivity contribution >= 4 is 11.6 Å². The Bertz CT molecular complexity index is 553. The highest BCUT2D eigenvalue weighted by molar-refractivity contribution is 6.30. The van der Waals surface area contributed by atoms with Crippen molar-refractivity contribution in [3.8, 4) is 5.75 Å². The van der Waals surface area contributed by atoms with Gasteiger partial charge in [0.15, 0.2) is 0 Å². The number of ether oxygens (including phenoxy) is 1. The molecular formula is C16H16ClNO. The SMILES string of the molecule is Clc1ccc(OC2CNCCc3ccccc32)cc1. The Morgan fingerprint density at radius 1 is 1.05 bits per heavy atom. The maximum absolute atomic E-state index is 6.10. The molecule has 1 aliphatic heterocycles. The van der Waals surface area contributed by atoms with Crippen LogP contribution in [0.25, 0.3) is 0 Å². The predicted octanol–water partition coefficient (Wildman–Crippen LogP) is 3.61. The molecule has 0 spiro atoms. The molecule has 3 rings (SSSR count). The second-order valence-corrected chi connectivity index (χ2v) is 5.15. The molecule has 1 atom stereocenters. The highest BCUT2D eigenvalue weighted by Crippen LogP contribution is 2.26. The van der Waals surface area contributed by atoms with E-state index in [1.807, 2.05) is 24.3 Å². The largest absolute Gasteiger partial charge is 0.484 e. The van der Waals surface area contributed by atoms with Crippen molar-refractivity contribution in [2.75, 3.05) is 13.1 Å². The summed E-state index contributed by atoms with van der Waals surface area (Å²) in [6.45, 7) is 1.83. The quantitative estimate of drug-likeness (QED) is 0.903. The molecule has 0 saturated heterocycles. The van der Waals surface area contributed by atoms with Crippen LogP contribution in [0.2, 0.25) is 5.02 Å². The van der Waals surface area contributed by atoms with Crippen LogP contribution in [0.3, 0.4) is 0 Å². The monoisotopic (exact) mass is 273 g/mol. The van der Waals surface area contributed by atoms with Gasteiger partial charge in [0.25, 0.3) is 0 Å². The van der Waals surface area contributed by atoms with Crippen molar-refractivity contribution in [1.29, 1.82) is 0 Å². The number of halogens is 1. The Labute approximate surface area is 118 Å². The fourth-order valence-electron chi connectivity index (χ4n) is 2.42. The van der Waals surface area contributed by atoms with E-state index in [4.69, 9.17) is 16.3 Å². The lowest BCUT2D eigenvalue weighted by Crippen LogP contribution is -2.23. The summed E-state index contributed by atoms with van der Waals surface area (Å²) in [5, 5.41) is 4.15. The van der Waals surface area contributed by atoms with Crippen LogP contribution >= 0.6 is 11.6 Å². The Balaban J connectivity index is 1.86. The number of hydrogen-bond donors (Lipinski definition) is 1. The van der Waals surface area contributed by atoms with Crippen LogP contribution in [0.4, 0.5) is 0 Å². The van der Waals surface area contributed by atoms with Crippen LogP contribution in [-0.4, -0.2) is 13.1 Å². The molecule has 3 heteroatoms. The van der Waals surface area contributed by atoms with Gasteiger partial charge in [0, 0.05) is 11.6 Å². The molecule has 98 valence electrons. The molecule has 2 nitrogen and oxygen atoms in total. The van der Waals surface area contributed by atoms with Crippen molar-refractivity contribution in [3.05, 3.63) is 64.7 Å². The molecule has 1 unspecified atom stereocenters. The van der Waals surface area contributed by atoms with Gasteiger partial charge in [-0.25, -0.2) is 0 Å². The third-order valence-electron chi connectivity index (χ3n) is 3.39. The molecule has 0 aromatic heterocycles. The van der Waals surface area contributed by atoms with Gasteiger partial charge < -0.3 is 10.1 Å². The predicted molar refractivity (Wildman–Crippen MR) is 77.8 cm³/mol. The van der Waals surface area contributed by atoms with Gasteiger partial charge >= 0.3 is 0 Å². The van der Waals surface area contributed by atoms with Gasteiger partial charge in [0.05, 0.1) is 0 Å². The van der Waals surface area contributed by atoms with E-state index in [-0.39, 0.29) is 6.10 Å². The highest BCUT2D eigenvalue weighted by atomic mass is 35.5. The fraction of sp³-hybridized carbons (Fsp3) is 0.250. The summed E-state index contributed by atoms with van der Waals surface area (Å²) in [6.07, 6.45) is 1.11.